The molecule has 0 aromatic rings. The summed E-state index contributed by atoms with van der Waals surface area (Å²) in [5, 5.41) is -0.273. The first-order chi connectivity index (χ1) is 4.65. The third-order valence-corrected chi connectivity index (χ3v) is 2.19. The quantitative estimate of drug-likeness (QED) is 0.547. The van der Waals surface area contributed by atoms with Crippen LogP contribution in [0.25, 0.3) is 0 Å². The highest BCUT2D eigenvalue weighted by atomic mass is 79.9. The molecule has 0 aliphatic heterocycles. The lowest BCUT2D eigenvalue weighted by Crippen LogP contribution is -2.27. The Kier molecular flexibility index (Phi) is 3.58. The number of alkyl halides is 1. The molecule has 0 bridgehead atoms. The van der Waals surface area contributed by atoms with Crippen LogP contribution in [0.15, 0.2) is 0 Å². The van der Waals surface area contributed by atoms with Gasteiger partial charge in [-0.3, -0.25) is 4.79 Å². The Balaban J connectivity index is 4.25. The summed E-state index contributed by atoms with van der Waals surface area (Å²) in [6.45, 7) is 7.75. The molecule has 0 heterocycles. The molecule has 0 atom stereocenters. The fourth-order valence-corrected chi connectivity index (χ4v) is 1.89. The minimum atomic E-state index is -0.436. The summed E-state index contributed by atoms with van der Waals surface area (Å²) in [5.41, 5.74) is -0.436. The van der Waals surface area contributed by atoms with Crippen LogP contribution in [0.1, 0.15) is 34.1 Å². The highest BCUT2D eigenvalue weighted by Crippen LogP contribution is 2.34. The molecule has 11 heavy (non-hydrogen) atoms. The molecule has 0 radical (unpaired) electrons. The maximum Gasteiger partial charge on any atom is 0.227 e. The molecule has 0 aromatic carbocycles. The zero-order chi connectivity index (χ0) is 9.28. The van der Waals surface area contributed by atoms with Crippen LogP contribution in [0.2, 0.25) is 0 Å². The van der Waals surface area contributed by atoms with Crippen LogP contribution in [0.4, 0.5) is 0 Å². The van der Waals surface area contributed by atoms with Crippen molar-refractivity contribution in [3.63, 3.8) is 0 Å². The van der Waals surface area contributed by atoms with Crippen molar-refractivity contribution in [2.24, 2.45) is 5.41 Å². The molecule has 0 aromatic heterocycles. The fraction of sp³-hybridized carbons (Fsp3) is 0.875. The van der Waals surface area contributed by atoms with Gasteiger partial charge in [0.2, 0.25) is 5.24 Å². The van der Waals surface area contributed by atoms with Gasteiger partial charge in [-0.15, -0.1) is 0 Å². The molecule has 0 amide bonds. The average Bonchev–Trinajstić information content (AvgIpc) is 1.56. The van der Waals surface area contributed by atoms with E-state index in [0.29, 0.717) is 0 Å². The summed E-state index contributed by atoms with van der Waals surface area (Å²) in [7, 11) is 0. The first-order valence-electron chi connectivity index (χ1n) is 3.54. The predicted octanol–water partition coefficient (Wildman–Crippen LogP) is 3.34. The van der Waals surface area contributed by atoms with Gasteiger partial charge in [-0.25, -0.2) is 0 Å². The van der Waals surface area contributed by atoms with Gasteiger partial charge in [0, 0.05) is 9.74 Å². The molecular weight excluding hydrogens is 227 g/mol. The van der Waals surface area contributed by atoms with Gasteiger partial charge in [-0.2, -0.15) is 0 Å². The standard InChI is InChI=1S/C8H14BrClO/c1-7(2,6(10)11)5-8(3,4)9/h5H2,1-4H3. The molecule has 0 saturated carbocycles. The molecule has 0 unspecified atom stereocenters. The molecule has 66 valence electrons. The zero-order valence-corrected chi connectivity index (χ0v) is 9.71. The molecule has 0 N–H and O–H groups in total. The van der Waals surface area contributed by atoms with E-state index < -0.39 is 5.41 Å². The highest BCUT2D eigenvalue weighted by Gasteiger charge is 2.31. The Morgan fingerprint density at radius 1 is 1.36 bits per heavy atom. The van der Waals surface area contributed by atoms with Gasteiger partial charge in [0.05, 0.1) is 0 Å². The summed E-state index contributed by atoms with van der Waals surface area (Å²) in [6, 6.07) is 0. The number of halogens is 2. The molecule has 0 rings (SSSR count). The third-order valence-electron chi connectivity index (χ3n) is 1.39. The van der Waals surface area contributed by atoms with Crippen LogP contribution in [-0.2, 0) is 4.79 Å². The van der Waals surface area contributed by atoms with E-state index in [9.17, 15) is 4.79 Å². The second-order valence-electron chi connectivity index (χ2n) is 4.05. The van der Waals surface area contributed by atoms with Gasteiger partial charge in [-0.1, -0.05) is 43.6 Å². The Hall–Kier alpha value is 0.440. The molecular formula is C8H14BrClO. The molecule has 1 nitrogen and oxygen atoms in total. The van der Waals surface area contributed by atoms with Crippen molar-refractivity contribution in [1.29, 1.82) is 0 Å². The number of carbonyl (C=O) groups excluding carboxylic acids is 1. The molecule has 0 aliphatic carbocycles. The highest BCUT2D eigenvalue weighted by molar-refractivity contribution is 9.10. The van der Waals surface area contributed by atoms with E-state index in [4.69, 9.17) is 11.6 Å². The van der Waals surface area contributed by atoms with E-state index in [1.165, 1.54) is 0 Å². The predicted molar refractivity (Wildman–Crippen MR) is 52.3 cm³/mol. The Morgan fingerprint density at radius 2 is 1.73 bits per heavy atom. The molecule has 0 spiro atoms. The van der Waals surface area contributed by atoms with Crippen LogP contribution in [0.3, 0.4) is 0 Å². The Labute approximate surface area is 81.6 Å². The first kappa shape index (κ1) is 11.4. The third kappa shape index (κ3) is 4.81. The number of carbonyl (C=O) groups is 1. The van der Waals surface area contributed by atoms with E-state index >= 15 is 0 Å². The van der Waals surface area contributed by atoms with Crippen LogP contribution in [-0.4, -0.2) is 9.57 Å². The summed E-state index contributed by atoms with van der Waals surface area (Å²) in [4.78, 5) is 10.9. The zero-order valence-electron chi connectivity index (χ0n) is 7.37. The van der Waals surface area contributed by atoms with E-state index in [-0.39, 0.29) is 9.57 Å². The van der Waals surface area contributed by atoms with E-state index in [2.05, 4.69) is 15.9 Å². The maximum absolute atomic E-state index is 10.9. The van der Waals surface area contributed by atoms with Gasteiger partial charge in [0.1, 0.15) is 0 Å². The van der Waals surface area contributed by atoms with Gasteiger partial charge >= 0.3 is 0 Å². The van der Waals surface area contributed by atoms with Crippen molar-refractivity contribution < 1.29 is 4.79 Å². The average molecular weight is 242 g/mol. The second-order valence-corrected chi connectivity index (χ2v) is 6.54. The van der Waals surface area contributed by atoms with Crippen molar-refractivity contribution >= 4 is 32.8 Å². The lowest BCUT2D eigenvalue weighted by atomic mass is 9.85. The first-order valence-corrected chi connectivity index (χ1v) is 4.71. The van der Waals surface area contributed by atoms with Crippen molar-refractivity contribution in [2.45, 2.75) is 38.4 Å². The summed E-state index contributed by atoms with van der Waals surface area (Å²) >= 11 is 8.89. The lowest BCUT2D eigenvalue weighted by Gasteiger charge is -2.27. The number of hydrogen-bond acceptors (Lipinski definition) is 1. The monoisotopic (exact) mass is 240 g/mol. The van der Waals surface area contributed by atoms with Gasteiger partial charge in [0.15, 0.2) is 0 Å². The number of rotatable bonds is 3. The largest absolute Gasteiger partial charge is 0.281 e. The SMILES string of the molecule is CC(C)(Br)CC(C)(C)C(=O)Cl. The van der Waals surface area contributed by atoms with Crippen LogP contribution in [0.5, 0.6) is 0 Å². The van der Waals surface area contributed by atoms with Crippen molar-refractivity contribution in [3.05, 3.63) is 0 Å². The smallest absolute Gasteiger partial charge is 0.227 e. The van der Waals surface area contributed by atoms with Gasteiger partial charge in [0.25, 0.3) is 0 Å². The van der Waals surface area contributed by atoms with Crippen LogP contribution in [0, 0.1) is 5.41 Å². The molecule has 0 fully saturated rings. The summed E-state index contributed by atoms with van der Waals surface area (Å²) in [5.74, 6) is 0. The van der Waals surface area contributed by atoms with E-state index in [1.807, 2.05) is 27.7 Å². The van der Waals surface area contributed by atoms with Gasteiger partial charge < -0.3 is 0 Å². The van der Waals surface area contributed by atoms with Gasteiger partial charge in [-0.05, 0) is 18.0 Å². The Morgan fingerprint density at radius 3 is 1.82 bits per heavy atom. The lowest BCUT2D eigenvalue weighted by molar-refractivity contribution is -0.119. The summed E-state index contributed by atoms with van der Waals surface area (Å²) < 4.78 is -0.0267. The topological polar surface area (TPSA) is 17.1 Å². The maximum atomic E-state index is 10.9. The minimum Gasteiger partial charge on any atom is -0.281 e. The van der Waals surface area contributed by atoms with Crippen molar-refractivity contribution in [1.82, 2.24) is 0 Å². The van der Waals surface area contributed by atoms with Crippen LogP contribution < -0.4 is 0 Å². The summed E-state index contributed by atoms with van der Waals surface area (Å²) in [6.07, 6.45) is 0.738. The van der Waals surface area contributed by atoms with E-state index in [1.54, 1.807) is 0 Å². The molecule has 0 aliphatic rings. The van der Waals surface area contributed by atoms with Crippen LogP contribution >= 0.6 is 27.5 Å². The van der Waals surface area contributed by atoms with Crippen molar-refractivity contribution in [3.8, 4) is 0 Å². The Bertz CT molecular complexity index is 158. The molecule has 0 saturated heterocycles. The number of hydrogen-bond donors (Lipinski definition) is 0. The second kappa shape index (κ2) is 3.44. The van der Waals surface area contributed by atoms with E-state index in [0.717, 1.165) is 6.42 Å². The van der Waals surface area contributed by atoms with Crippen molar-refractivity contribution in [2.75, 3.05) is 0 Å². The fourth-order valence-electron chi connectivity index (χ4n) is 1.12. The minimum absolute atomic E-state index is 0.0267. The normalized spacial score (nSPS) is 13.3. The molecule has 3 heteroatoms.